The first-order valence-corrected chi connectivity index (χ1v) is 6.28. The highest BCUT2D eigenvalue weighted by Gasteiger charge is 2.31. The zero-order valence-electron chi connectivity index (χ0n) is 10.1. The lowest BCUT2D eigenvalue weighted by Crippen LogP contribution is -2.25. The van der Waals surface area contributed by atoms with Crippen molar-refractivity contribution in [2.75, 3.05) is 18.4 Å². The number of nitrogens with one attached hydrogen (secondary N) is 2. The molecule has 4 nitrogen and oxygen atoms in total. The van der Waals surface area contributed by atoms with E-state index in [4.69, 9.17) is 11.1 Å². The lowest BCUT2D eigenvalue weighted by molar-refractivity contribution is -0.0350. The maximum atomic E-state index is 12.1. The maximum Gasteiger partial charge on any atom is 0.461 e. The van der Waals surface area contributed by atoms with Crippen molar-refractivity contribution in [2.45, 2.75) is 12.1 Å². The molecule has 0 radical (unpaired) electrons. The second-order valence-electron chi connectivity index (χ2n) is 3.63. The van der Waals surface area contributed by atoms with Gasteiger partial charge in [0.05, 0.1) is 18.3 Å². The van der Waals surface area contributed by atoms with Crippen LogP contribution in [0.25, 0.3) is 0 Å². The van der Waals surface area contributed by atoms with Crippen LogP contribution < -0.4 is 11.1 Å². The highest BCUT2D eigenvalue weighted by atomic mass is 32.2. The summed E-state index contributed by atoms with van der Waals surface area (Å²) in [7, 11) is 0. The summed E-state index contributed by atoms with van der Waals surface area (Å²) in [4.78, 5) is 0. The molecule has 19 heavy (non-hydrogen) atoms. The predicted molar refractivity (Wildman–Crippen MR) is 72.0 cm³/mol. The number of halogens is 3. The van der Waals surface area contributed by atoms with Crippen LogP contribution in [0.2, 0.25) is 0 Å². The quantitative estimate of drug-likeness (QED) is 0.411. The number of hydrogen-bond acceptors (Lipinski definition) is 4. The normalized spacial score (nSPS) is 11.2. The van der Waals surface area contributed by atoms with E-state index in [1.807, 2.05) is 24.3 Å². The van der Waals surface area contributed by atoms with Crippen LogP contribution in [0.15, 0.2) is 24.3 Å². The highest BCUT2D eigenvalue weighted by molar-refractivity contribution is 7.98. The molecule has 0 aliphatic heterocycles. The molecule has 4 N–H and O–H groups in total. The van der Waals surface area contributed by atoms with E-state index < -0.39 is 5.51 Å². The Hall–Kier alpha value is -1.41. The molecule has 0 unspecified atom stereocenters. The summed E-state index contributed by atoms with van der Waals surface area (Å²) >= 11 is -0.323. The van der Waals surface area contributed by atoms with Gasteiger partial charge in [-0.25, -0.2) is 0 Å². The van der Waals surface area contributed by atoms with Crippen LogP contribution in [0.3, 0.4) is 0 Å². The zero-order chi connectivity index (χ0) is 14.3. The molecule has 106 valence electrons. The van der Waals surface area contributed by atoms with Crippen molar-refractivity contribution in [3.63, 3.8) is 0 Å². The van der Waals surface area contributed by atoms with Crippen molar-refractivity contribution in [3.05, 3.63) is 29.8 Å². The lowest BCUT2D eigenvalue weighted by atomic mass is 10.2. The van der Waals surface area contributed by atoms with Gasteiger partial charge in [-0.2, -0.15) is 13.2 Å². The largest absolute Gasteiger partial charge is 0.461 e. The molecular formula is C11H15F3N4S. The molecule has 0 saturated heterocycles. The summed E-state index contributed by atoms with van der Waals surface area (Å²) in [6.45, 7) is 0.830. The van der Waals surface area contributed by atoms with Crippen molar-refractivity contribution in [1.29, 1.82) is 5.41 Å². The minimum absolute atomic E-state index is 0.0757. The lowest BCUT2D eigenvalue weighted by Gasteiger charge is -2.19. The fourth-order valence-electron chi connectivity index (χ4n) is 1.34. The smallest absolute Gasteiger partial charge is 0.383 e. The van der Waals surface area contributed by atoms with Gasteiger partial charge >= 0.3 is 5.51 Å². The van der Waals surface area contributed by atoms with E-state index >= 15 is 0 Å². The molecule has 0 amide bonds. The first-order valence-electron chi connectivity index (χ1n) is 5.50. The summed E-state index contributed by atoms with van der Waals surface area (Å²) in [5, 5.41) is 9.89. The van der Waals surface area contributed by atoms with Crippen LogP contribution in [0.4, 0.5) is 18.9 Å². The Morgan fingerprint density at radius 3 is 2.42 bits per heavy atom. The highest BCUT2D eigenvalue weighted by Crippen LogP contribution is 2.32. The predicted octanol–water partition coefficient (Wildman–Crippen LogP) is 2.63. The van der Waals surface area contributed by atoms with Crippen LogP contribution in [-0.2, 0) is 6.54 Å². The molecule has 0 bridgehead atoms. The van der Waals surface area contributed by atoms with E-state index in [1.165, 1.54) is 0 Å². The van der Waals surface area contributed by atoms with E-state index in [1.54, 1.807) is 0 Å². The topological polar surface area (TPSA) is 65.1 Å². The summed E-state index contributed by atoms with van der Waals surface area (Å²) in [6.07, 6.45) is 0.664. The molecule has 0 saturated carbocycles. The number of anilines is 1. The number of alkyl halides is 3. The maximum absolute atomic E-state index is 12.1. The number of nitrogens with two attached hydrogens (primary N) is 1. The van der Waals surface area contributed by atoms with Gasteiger partial charge in [0, 0.05) is 25.3 Å². The fourth-order valence-corrected chi connectivity index (χ4v) is 1.84. The third kappa shape index (κ3) is 6.35. The minimum atomic E-state index is -4.37. The summed E-state index contributed by atoms with van der Waals surface area (Å²) in [5.74, 6) is 0. The summed E-state index contributed by atoms with van der Waals surface area (Å²) < 4.78 is 37.2. The summed E-state index contributed by atoms with van der Waals surface area (Å²) in [6, 6.07) is 7.32. The third-order valence-electron chi connectivity index (χ3n) is 2.22. The molecule has 0 atom stereocenters. The molecule has 1 aromatic rings. The van der Waals surface area contributed by atoms with E-state index in [0.717, 1.165) is 15.6 Å². The molecule has 0 spiro atoms. The van der Waals surface area contributed by atoms with Crippen LogP contribution in [0.1, 0.15) is 5.56 Å². The van der Waals surface area contributed by atoms with Crippen molar-refractivity contribution in [1.82, 2.24) is 4.31 Å². The molecule has 1 aromatic carbocycles. The monoisotopic (exact) mass is 292 g/mol. The Bertz CT molecular complexity index is 394. The van der Waals surface area contributed by atoms with Gasteiger partial charge in [-0.1, -0.05) is 12.1 Å². The van der Waals surface area contributed by atoms with Crippen LogP contribution >= 0.6 is 11.9 Å². The summed E-state index contributed by atoms with van der Waals surface area (Å²) in [5.41, 5.74) is 2.87. The van der Waals surface area contributed by atoms with Crippen molar-refractivity contribution in [2.24, 2.45) is 5.73 Å². The Kier molecular flexibility index (Phi) is 5.97. The van der Waals surface area contributed by atoms with Crippen LogP contribution in [0.5, 0.6) is 0 Å². The number of benzene rings is 1. The molecule has 0 aliphatic rings. The first kappa shape index (κ1) is 15.6. The average molecular weight is 292 g/mol. The SMILES string of the molecule is N=CN(CCNc1ccc(CN)cc1)SC(F)(F)F. The molecular weight excluding hydrogens is 277 g/mol. The molecule has 0 heterocycles. The van der Waals surface area contributed by atoms with Gasteiger partial charge in [-0.05, 0) is 17.7 Å². The number of rotatable bonds is 7. The van der Waals surface area contributed by atoms with Gasteiger partial charge in [0.25, 0.3) is 0 Å². The van der Waals surface area contributed by atoms with Crippen molar-refractivity contribution < 1.29 is 13.2 Å². The number of nitrogens with zero attached hydrogens (tertiary/aromatic N) is 1. The second-order valence-corrected chi connectivity index (χ2v) is 4.75. The van der Waals surface area contributed by atoms with Crippen LogP contribution in [0, 0.1) is 5.41 Å². The fraction of sp³-hybridized carbons (Fsp3) is 0.364. The average Bonchev–Trinajstić information content (AvgIpc) is 2.37. The molecule has 0 aliphatic carbocycles. The van der Waals surface area contributed by atoms with E-state index in [0.29, 0.717) is 19.4 Å². The molecule has 1 rings (SSSR count). The van der Waals surface area contributed by atoms with E-state index in [9.17, 15) is 13.2 Å². The molecule has 0 aromatic heterocycles. The first-order chi connectivity index (χ1) is 8.94. The van der Waals surface area contributed by atoms with Crippen molar-refractivity contribution >= 4 is 24.0 Å². The Morgan fingerprint density at radius 2 is 1.95 bits per heavy atom. The standard InChI is InChI=1S/C11H15F3N4S/c12-11(13,14)19-18(8-16)6-5-17-10-3-1-9(7-15)2-4-10/h1-4,8,16-17H,5-7,15H2. The van der Waals surface area contributed by atoms with E-state index in [2.05, 4.69) is 5.32 Å². The van der Waals surface area contributed by atoms with Gasteiger partial charge in [0.15, 0.2) is 0 Å². The zero-order valence-corrected chi connectivity index (χ0v) is 10.9. The number of hydrogen-bond donors (Lipinski definition) is 3. The second kappa shape index (κ2) is 7.25. The van der Waals surface area contributed by atoms with E-state index in [-0.39, 0.29) is 18.5 Å². The third-order valence-corrected chi connectivity index (χ3v) is 2.95. The van der Waals surface area contributed by atoms with Gasteiger partial charge in [-0.15, -0.1) is 0 Å². The van der Waals surface area contributed by atoms with Gasteiger partial charge in [0.1, 0.15) is 0 Å². The van der Waals surface area contributed by atoms with Crippen LogP contribution in [-0.4, -0.2) is 29.2 Å². The van der Waals surface area contributed by atoms with Gasteiger partial charge < -0.3 is 11.1 Å². The Balaban J connectivity index is 2.37. The van der Waals surface area contributed by atoms with Crippen molar-refractivity contribution in [3.8, 4) is 0 Å². The Morgan fingerprint density at radius 1 is 1.32 bits per heavy atom. The molecule has 8 heteroatoms. The van der Waals surface area contributed by atoms with Gasteiger partial charge in [-0.3, -0.25) is 9.71 Å². The minimum Gasteiger partial charge on any atom is -0.383 e. The van der Waals surface area contributed by atoms with Gasteiger partial charge in [0.2, 0.25) is 0 Å². The molecule has 0 fully saturated rings. The Labute approximate surface area is 113 Å².